The van der Waals surface area contributed by atoms with Gasteiger partial charge < -0.3 is 0 Å². The third kappa shape index (κ3) is 0.627. The summed E-state index contributed by atoms with van der Waals surface area (Å²) in [5.41, 5.74) is 0. The molecule has 3 fully saturated rings. The highest BCUT2D eigenvalue weighted by Crippen LogP contribution is 2.63. The van der Waals surface area contributed by atoms with Gasteiger partial charge >= 0.3 is 0 Å². The van der Waals surface area contributed by atoms with Crippen molar-refractivity contribution in [1.82, 2.24) is 0 Å². The Morgan fingerprint density at radius 1 is 1.10 bits per heavy atom. The van der Waals surface area contributed by atoms with Crippen molar-refractivity contribution < 1.29 is 0 Å². The predicted molar refractivity (Wildman–Crippen MR) is 41.4 cm³/mol. The van der Waals surface area contributed by atoms with Crippen molar-refractivity contribution >= 4 is 0 Å². The third-order valence-electron chi connectivity index (χ3n) is 3.82. The minimum atomic E-state index is 1.12. The minimum Gasteiger partial charge on any atom is -0.0530 e. The zero-order valence-electron chi connectivity index (χ0n) is 6.47. The highest BCUT2D eigenvalue weighted by Gasteiger charge is 2.53. The van der Waals surface area contributed by atoms with Crippen molar-refractivity contribution in [3.63, 3.8) is 0 Å². The zero-order chi connectivity index (χ0) is 6.55. The van der Waals surface area contributed by atoms with Gasteiger partial charge in [0.15, 0.2) is 0 Å². The molecule has 55 valence electrons. The van der Waals surface area contributed by atoms with E-state index in [2.05, 4.69) is 0 Å². The number of fused-ring (bicyclic) bond motifs is 3. The maximum absolute atomic E-state index is 1.98. The Labute approximate surface area is 63.0 Å². The van der Waals surface area contributed by atoms with Crippen LogP contribution < -0.4 is 0 Å². The van der Waals surface area contributed by atoms with E-state index in [1.165, 1.54) is 19.3 Å². The van der Waals surface area contributed by atoms with E-state index in [0.717, 1.165) is 17.8 Å². The van der Waals surface area contributed by atoms with Gasteiger partial charge in [-0.25, -0.2) is 0 Å². The summed E-state index contributed by atoms with van der Waals surface area (Å²) in [4.78, 5) is 0. The van der Waals surface area contributed by atoms with E-state index in [-0.39, 0.29) is 0 Å². The first-order valence-electron chi connectivity index (χ1n) is 4.81. The molecule has 0 amide bonds. The molecule has 0 bridgehead atoms. The average molecular weight is 135 g/mol. The van der Waals surface area contributed by atoms with Gasteiger partial charge in [0, 0.05) is 0 Å². The van der Waals surface area contributed by atoms with Crippen molar-refractivity contribution in [1.29, 1.82) is 0 Å². The topological polar surface area (TPSA) is 0 Å². The van der Waals surface area contributed by atoms with E-state index >= 15 is 0 Å². The Hall–Kier alpha value is 0. The molecule has 0 aliphatic heterocycles. The van der Waals surface area contributed by atoms with Crippen molar-refractivity contribution in [2.75, 3.05) is 0 Å². The molecule has 3 atom stereocenters. The van der Waals surface area contributed by atoms with Crippen LogP contribution in [0.3, 0.4) is 0 Å². The van der Waals surface area contributed by atoms with E-state index in [1.807, 2.05) is 5.92 Å². The van der Waals surface area contributed by atoms with Gasteiger partial charge in [0.25, 0.3) is 0 Å². The largest absolute Gasteiger partial charge is 0.0530 e. The normalized spacial score (nSPS) is 52.2. The van der Waals surface area contributed by atoms with Gasteiger partial charge in [0.2, 0.25) is 0 Å². The van der Waals surface area contributed by atoms with Crippen LogP contribution in [0.5, 0.6) is 0 Å². The number of rotatable bonds is 0. The summed E-state index contributed by atoms with van der Waals surface area (Å²) >= 11 is 0. The molecule has 0 aromatic carbocycles. The standard InChI is InChI=1S/C10H15/c1-2-4-9-7(3-1)5-8-6-10(8)9/h7-9H,1-6H2. The van der Waals surface area contributed by atoms with Gasteiger partial charge in [-0.05, 0) is 42.9 Å². The average Bonchev–Trinajstić information content (AvgIpc) is 2.64. The van der Waals surface area contributed by atoms with Crippen LogP contribution in [0.2, 0.25) is 0 Å². The van der Waals surface area contributed by atoms with E-state index in [0.29, 0.717) is 0 Å². The first-order valence-corrected chi connectivity index (χ1v) is 4.81. The van der Waals surface area contributed by atoms with Crippen LogP contribution in [-0.4, -0.2) is 0 Å². The van der Waals surface area contributed by atoms with Crippen LogP contribution in [-0.2, 0) is 0 Å². The molecule has 0 aromatic rings. The Morgan fingerprint density at radius 2 is 2.00 bits per heavy atom. The van der Waals surface area contributed by atoms with Gasteiger partial charge in [-0.3, -0.25) is 0 Å². The molecule has 0 heterocycles. The monoisotopic (exact) mass is 135 g/mol. The van der Waals surface area contributed by atoms with Gasteiger partial charge in [-0.1, -0.05) is 19.3 Å². The molecule has 0 spiro atoms. The van der Waals surface area contributed by atoms with Gasteiger partial charge in [0.05, 0.1) is 0 Å². The fourth-order valence-electron chi connectivity index (χ4n) is 3.26. The summed E-state index contributed by atoms with van der Waals surface area (Å²) in [5.74, 6) is 5.39. The molecule has 0 heteroatoms. The Kier molecular flexibility index (Phi) is 1.00. The molecule has 10 heavy (non-hydrogen) atoms. The molecular formula is C10H15. The van der Waals surface area contributed by atoms with Gasteiger partial charge in [-0.15, -0.1) is 0 Å². The summed E-state index contributed by atoms with van der Waals surface area (Å²) < 4.78 is 0. The van der Waals surface area contributed by atoms with Crippen LogP contribution in [0.25, 0.3) is 0 Å². The summed E-state index contributed by atoms with van der Waals surface area (Å²) in [6, 6.07) is 0. The molecule has 0 nitrogen and oxygen atoms in total. The Bertz CT molecular complexity index is 150. The van der Waals surface area contributed by atoms with Crippen LogP contribution in [0, 0.1) is 23.7 Å². The maximum Gasteiger partial charge on any atom is -0.0173 e. The molecule has 0 N–H and O–H groups in total. The molecule has 0 aromatic heterocycles. The second-order valence-corrected chi connectivity index (χ2v) is 4.36. The van der Waals surface area contributed by atoms with Crippen molar-refractivity contribution in [3.05, 3.63) is 5.92 Å². The first kappa shape index (κ1) is 5.62. The summed E-state index contributed by atoms with van der Waals surface area (Å²) in [7, 11) is 0. The Morgan fingerprint density at radius 3 is 2.90 bits per heavy atom. The van der Waals surface area contributed by atoms with Crippen LogP contribution in [0.1, 0.15) is 38.5 Å². The number of hydrogen-bond acceptors (Lipinski definition) is 0. The Balaban J connectivity index is 1.80. The number of hydrogen-bond donors (Lipinski definition) is 0. The summed E-state index contributed by atoms with van der Waals surface area (Å²) in [5, 5.41) is 0. The van der Waals surface area contributed by atoms with E-state index in [1.54, 1.807) is 19.3 Å². The SMILES string of the molecule is C1CCC2[C]3CC3CC2C1. The highest BCUT2D eigenvalue weighted by molar-refractivity contribution is 5.24. The van der Waals surface area contributed by atoms with Crippen molar-refractivity contribution in [3.8, 4) is 0 Å². The molecule has 3 aliphatic carbocycles. The van der Waals surface area contributed by atoms with E-state index in [9.17, 15) is 0 Å². The zero-order valence-corrected chi connectivity index (χ0v) is 6.47. The second kappa shape index (κ2) is 1.78. The van der Waals surface area contributed by atoms with Gasteiger partial charge in [-0.2, -0.15) is 0 Å². The maximum atomic E-state index is 1.98. The lowest BCUT2D eigenvalue weighted by molar-refractivity contribution is 0.276. The lowest BCUT2D eigenvalue weighted by Gasteiger charge is -2.26. The molecule has 3 aliphatic rings. The van der Waals surface area contributed by atoms with Crippen molar-refractivity contribution in [2.45, 2.75) is 38.5 Å². The fraction of sp³-hybridized carbons (Fsp3) is 0.900. The molecule has 3 unspecified atom stereocenters. The second-order valence-electron chi connectivity index (χ2n) is 4.36. The molecule has 3 rings (SSSR count). The molecule has 0 saturated heterocycles. The smallest absolute Gasteiger partial charge is 0.0173 e. The molecular weight excluding hydrogens is 120 g/mol. The van der Waals surface area contributed by atoms with Crippen molar-refractivity contribution in [2.24, 2.45) is 17.8 Å². The third-order valence-corrected chi connectivity index (χ3v) is 3.82. The van der Waals surface area contributed by atoms with Crippen LogP contribution in [0.15, 0.2) is 0 Å². The minimum absolute atomic E-state index is 1.12. The first-order chi connectivity index (χ1) is 4.95. The lowest BCUT2D eigenvalue weighted by Crippen LogP contribution is -2.15. The summed E-state index contributed by atoms with van der Waals surface area (Å²) in [6.07, 6.45) is 9.28. The quantitative estimate of drug-likeness (QED) is 0.479. The lowest BCUT2D eigenvalue weighted by atomic mass is 9.79. The highest BCUT2D eigenvalue weighted by atomic mass is 14.6. The van der Waals surface area contributed by atoms with E-state index < -0.39 is 0 Å². The molecule has 1 radical (unpaired) electrons. The fourth-order valence-corrected chi connectivity index (χ4v) is 3.26. The predicted octanol–water partition coefficient (Wildman–Crippen LogP) is 2.79. The van der Waals surface area contributed by atoms with E-state index in [4.69, 9.17) is 0 Å². The van der Waals surface area contributed by atoms with Crippen LogP contribution in [0.4, 0.5) is 0 Å². The summed E-state index contributed by atoms with van der Waals surface area (Å²) in [6.45, 7) is 0. The van der Waals surface area contributed by atoms with Crippen LogP contribution >= 0.6 is 0 Å². The molecule has 3 saturated carbocycles. The van der Waals surface area contributed by atoms with Gasteiger partial charge in [0.1, 0.15) is 0 Å².